The van der Waals surface area contributed by atoms with Crippen molar-refractivity contribution in [1.82, 2.24) is 5.32 Å². The zero-order valence-electron chi connectivity index (χ0n) is 12.2. The van der Waals surface area contributed by atoms with Crippen molar-refractivity contribution in [2.75, 3.05) is 7.05 Å². The largest absolute Gasteiger partial charge is 0.309 e. The number of nitrogens with one attached hydrogen (secondary N) is 1. The summed E-state index contributed by atoms with van der Waals surface area (Å²) in [6, 6.07) is 21.1. The molecule has 0 saturated heterocycles. The number of hydrogen-bond donors (Lipinski definition) is 1. The molecule has 0 aliphatic rings. The van der Waals surface area contributed by atoms with Crippen molar-refractivity contribution < 1.29 is 0 Å². The number of benzene rings is 3. The molecule has 0 radical (unpaired) electrons. The Balaban J connectivity index is 2.21. The second-order valence-electron chi connectivity index (χ2n) is 5.29. The molecule has 1 atom stereocenters. The van der Waals surface area contributed by atoms with Gasteiger partial charge in [-0.05, 0) is 53.6 Å². The Hall–Kier alpha value is -1.83. The predicted octanol–water partition coefficient (Wildman–Crippen LogP) is 5.11. The third-order valence-electron chi connectivity index (χ3n) is 3.97. The summed E-state index contributed by atoms with van der Waals surface area (Å²) in [5.74, 6) is 0. The molecule has 3 aromatic carbocycles. The Labute approximate surface area is 130 Å². The number of rotatable bonds is 3. The maximum absolute atomic E-state index is 6.01. The number of halogens is 1. The summed E-state index contributed by atoms with van der Waals surface area (Å²) in [6.45, 7) is 2.17. The van der Waals surface area contributed by atoms with E-state index in [1.165, 1.54) is 27.5 Å². The lowest BCUT2D eigenvalue weighted by Crippen LogP contribution is -2.19. The SMILES string of the molecule is CNC(c1ccc(Cl)cc1)c1c(C)ccc2ccccc12. The van der Waals surface area contributed by atoms with Crippen molar-refractivity contribution in [2.45, 2.75) is 13.0 Å². The van der Waals surface area contributed by atoms with Crippen molar-refractivity contribution in [3.05, 3.63) is 82.4 Å². The van der Waals surface area contributed by atoms with E-state index in [1.807, 2.05) is 19.2 Å². The van der Waals surface area contributed by atoms with E-state index in [1.54, 1.807) is 0 Å². The molecule has 0 aliphatic heterocycles. The lowest BCUT2D eigenvalue weighted by molar-refractivity contribution is 0.693. The summed E-state index contributed by atoms with van der Waals surface area (Å²) in [5.41, 5.74) is 3.85. The van der Waals surface area contributed by atoms with Gasteiger partial charge in [0.05, 0.1) is 6.04 Å². The Morgan fingerprint density at radius 1 is 0.905 bits per heavy atom. The van der Waals surface area contributed by atoms with Crippen molar-refractivity contribution in [3.63, 3.8) is 0 Å². The van der Waals surface area contributed by atoms with Gasteiger partial charge in [0.25, 0.3) is 0 Å². The summed E-state index contributed by atoms with van der Waals surface area (Å²) in [4.78, 5) is 0. The minimum Gasteiger partial charge on any atom is -0.309 e. The van der Waals surface area contributed by atoms with Crippen LogP contribution in [0.3, 0.4) is 0 Å². The average molecular weight is 296 g/mol. The molecule has 0 bridgehead atoms. The Morgan fingerprint density at radius 2 is 1.62 bits per heavy atom. The van der Waals surface area contributed by atoms with Crippen LogP contribution in [0.1, 0.15) is 22.7 Å². The molecule has 0 saturated carbocycles. The van der Waals surface area contributed by atoms with Crippen LogP contribution in [0.15, 0.2) is 60.7 Å². The van der Waals surface area contributed by atoms with Crippen LogP contribution < -0.4 is 5.32 Å². The Bertz CT molecular complexity index is 762. The van der Waals surface area contributed by atoms with Crippen LogP contribution >= 0.6 is 11.6 Å². The fraction of sp³-hybridized carbons (Fsp3) is 0.158. The highest BCUT2D eigenvalue weighted by atomic mass is 35.5. The number of fused-ring (bicyclic) bond motifs is 1. The molecule has 0 spiro atoms. The molecule has 0 aromatic heterocycles. The van der Waals surface area contributed by atoms with Crippen molar-refractivity contribution in [2.24, 2.45) is 0 Å². The first kappa shape index (κ1) is 14.1. The van der Waals surface area contributed by atoms with Gasteiger partial charge < -0.3 is 5.32 Å². The minimum atomic E-state index is 0.161. The fourth-order valence-corrected chi connectivity index (χ4v) is 3.05. The average Bonchev–Trinajstić information content (AvgIpc) is 2.52. The van der Waals surface area contributed by atoms with Gasteiger partial charge in [-0.25, -0.2) is 0 Å². The monoisotopic (exact) mass is 295 g/mol. The van der Waals surface area contributed by atoms with E-state index >= 15 is 0 Å². The molecule has 106 valence electrons. The van der Waals surface area contributed by atoms with Gasteiger partial charge in [0, 0.05) is 5.02 Å². The van der Waals surface area contributed by atoms with Crippen molar-refractivity contribution >= 4 is 22.4 Å². The minimum absolute atomic E-state index is 0.161. The van der Waals surface area contributed by atoms with Crippen molar-refractivity contribution in [3.8, 4) is 0 Å². The van der Waals surface area contributed by atoms with E-state index in [0.29, 0.717) is 0 Å². The van der Waals surface area contributed by atoms with Gasteiger partial charge in [-0.3, -0.25) is 0 Å². The van der Waals surface area contributed by atoms with Gasteiger partial charge in [0.2, 0.25) is 0 Å². The maximum atomic E-state index is 6.01. The van der Waals surface area contributed by atoms with Crippen molar-refractivity contribution in [1.29, 1.82) is 0 Å². The molecule has 1 nitrogen and oxygen atoms in total. The molecule has 2 heteroatoms. The van der Waals surface area contributed by atoms with Crippen LogP contribution in [-0.4, -0.2) is 7.05 Å². The summed E-state index contributed by atoms with van der Waals surface area (Å²) >= 11 is 6.01. The first-order valence-corrected chi connectivity index (χ1v) is 7.49. The molecule has 21 heavy (non-hydrogen) atoms. The summed E-state index contributed by atoms with van der Waals surface area (Å²) < 4.78 is 0. The quantitative estimate of drug-likeness (QED) is 0.708. The molecule has 3 aromatic rings. The highest BCUT2D eigenvalue weighted by Crippen LogP contribution is 2.32. The standard InChI is InChI=1S/C19H18ClN/c1-13-7-8-14-5-3-4-6-17(14)18(13)19(21-2)15-9-11-16(20)12-10-15/h3-12,19,21H,1-2H3. The predicted molar refractivity (Wildman–Crippen MR) is 91.0 cm³/mol. The lowest BCUT2D eigenvalue weighted by Gasteiger charge is -2.21. The normalized spacial score (nSPS) is 12.5. The molecular weight excluding hydrogens is 278 g/mol. The van der Waals surface area contributed by atoms with Crippen LogP contribution in [0.25, 0.3) is 10.8 Å². The van der Waals surface area contributed by atoms with E-state index in [2.05, 4.69) is 60.8 Å². The second-order valence-corrected chi connectivity index (χ2v) is 5.73. The van der Waals surface area contributed by atoms with Gasteiger partial charge in [-0.2, -0.15) is 0 Å². The third kappa shape index (κ3) is 2.67. The number of hydrogen-bond acceptors (Lipinski definition) is 1. The zero-order valence-corrected chi connectivity index (χ0v) is 13.0. The van der Waals surface area contributed by atoms with Gasteiger partial charge in [-0.1, -0.05) is 60.1 Å². The second kappa shape index (κ2) is 5.88. The molecule has 3 rings (SSSR count). The molecule has 1 N–H and O–H groups in total. The molecular formula is C19H18ClN. The van der Waals surface area contributed by atoms with E-state index in [9.17, 15) is 0 Å². The Kier molecular flexibility index (Phi) is 3.96. The van der Waals surface area contributed by atoms with Gasteiger partial charge >= 0.3 is 0 Å². The first-order chi connectivity index (χ1) is 10.2. The van der Waals surface area contributed by atoms with Crippen LogP contribution in [0.4, 0.5) is 0 Å². The molecule has 0 amide bonds. The molecule has 0 fully saturated rings. The molecule has 1 unspecified atom stereocenters. The van der Waals surface area contributed by atoms with E-state index in [0.717, 1.165) is 5.02 Å². The zero-order chi connectivity index (χ0) is 14.8. The van der Waals surface area contributed by atoms with E-state index in [-0.39, 0.29) is 6.04 Å². The topological polar surface area (TPSA) is 12.0 Å². The highest BCUT2D eigenvalue weighted by Gasteiger charge is 2.17. The van der Waals surface area contributed by atoms with Gasteiger partial charge in [0.15, 0.2) is 0 Å². The van der Waals surface area contributed by atoms with Gasteiger partial charge in [-0.15, -0.1) is 0 Å². The lowest BCUT2D eigenvalue weighted by atomic mass is 9.90. The first-order valence-electron chi connectivity index (χ1n) is 7.11. The van der Waals surface area contributed by atoms with E-state index in [4.69, 9.17) is 11.6 Å². The van der Waals surface area contributed by atoms with Crippen LogP contribution in [-0.2, 0) is 0 Å². The molecule has 0 aliphatic carbocycles. The van der Waals surface area contributed by atoms with Gasteiger partial charge in [0.1, 0.15) is 0 Å². The summed E-state index contributed by atoms with van der Waals surface area (Å²) in [5, 5.41) is 6.78. The van der Waals surface area contributed by atoms with Crippen LogP contribution in [0.5, 0.6) is 0 Å². The van der Waals surface area contributed by atoms with E-state index < -0.39 is 0 Å². The number of aryl methyl sites for hydroxylation is 1. The fourth-order valence-electron chi connectivity index (χ4n) is 2.92. The summed E-state index contributed by atoms with van der Waals surface area (Å²) in [7, 11) is 2.00. The molecule has 0 heterocycles. The maximum Gasteiger partial charge on any atom is 0.0583 e. The highest BCUT2D eigenvalue weighted by molar-refractivity contribution is 6.30. The smallest absolute Gasteiger partial charge is 0.0583 e. The third-order valence-corrected chi connectivity index (χ3v) is 4.22. The summed E-state index contributed by atoms with van der Waals surface area (Å²) in [6.07, 6.45) is 0. The van der Waals surface area contributed by atoms with Crippen LogP contribution in [0.2, 0.25) is 5.02 Å². The van der Waals surface area contributed by atoms with Crippen LogP contribution in [0, 0.1) is 6.92 Å². The Morgan fingerprint density at radius 3 is 2.33 bits per heavy atom.